The van der Waals surface area contributed by atoms with Gasteiger partial charge in [0.15, 0.2) is 0 Å². The first-order valence-corrected chi connectivity index (χ1v) is 6.28. The van der Waals surface area contributed by atoms with Crippen LogP contribution in [0.4, 0.5) is 0 Å². The summed E-state index contributed by atoms with van der Waals surface area (Å²) in [4.78, 5) is 0. The largest absolute Gasteiger partial charge is 0.490 e. The Labute approximate surface area is 107 Å². The average Bonchev–Trinajstić information content (AvgIpc) is 2.97. The summed E-state index contributed by atoms with van der Waals surface area (Å²) < 4.78 is 11.2. The monoisotopic (exact) mass is 243 g/mol. The Morgan fingerprint density at radius 2 is 2.22 bits per heavy atom. The van der Waals surface area contributed by atoms with Crippen molar-refractivity contribution in [2.75, 3.05) is 7.05 Å². The fourth-order valence-corrected chi connectivity index (χ4v) is 2.55. The van der Waals surface area contributed by atoms with Gasteiger partial charge in [-0.2, -0.15) is 0 Å². The van der Waals surface area contributed by atoms with Gasteiger partial charge in [0.2, 0.25) is 0 Å². The van der Waals surface area contributed by atoms with Gasteiger partial charge in [-0.1, -0.05) is 6.07 Å². The first kappa shape index (κ1) is 11.4. The van der Waals surface area contributed by atoms with Gasteiger partial charge < -0.3 is 14.5 Å². The van der Waals surface area contributed by atoms with Crippen molar-refractivity contribution in [2.24, 2.45) is 0 Å². The molecule has 0 saturated heterocycles. The number of hydrogen-bond acceptors (Lipinski definition) is 3. The summed E-state index contributed by atoms with van der Waals surface area (Å²) in [6.07, 6.45) is 2.97. The van der Waals surface area contributed by atoms with Crippen LogP contribution in [0, 0.1) is 0 Å². The summed E-state index contributed by atoms with van der Waals surface area (Å²) in [5.41, 5.74) is 2.50. The second kappa shape index (κ2) is 4.50. The molecule has 2 heterocycles. The molecule has 18 heavy (non-hydrogen) atoms. The lowest BCUT2D eigenvalue weighted by Crippen LogP contribution is -2.17. The van der Waals surface area contributed by atoms with Crippen LogP contribution in [0.2, 0.25) is 0 Å². The maximum atomic E-state index is 5.72. The Bertz CT molecular complexity index is 533. The third-order valence-corrected chi connectivity index (χ3v) is 3.37. The highest BCUT2D eigenvalue weighted by Gasteiger charge is 2.22. The van der Waals surface area contributed by atoms with E-state index in [1.807, 2.05) is 19.2 Å². The predicted octanol–water partition coefficient (Wildman–Crippen LogP) is 2.91. The van der Waals surface area contributed by atoms with Crippen LogP contribution in [0.1, 0.15) is 29.9 Å². The van der Waals surface area contributed by atoms with Crippen molar-refractivity contribution in [3.8, 4) is 5.75 Å². The van der Waals surface area contributed by atoms with Crippen molar-refractivity contribution >= 4 is 0 Å². The van der Waals surface area contributed by atoms with E-state index in [1.165, 1.54) is 11.1 Å². The zero-order valence-electron chi connectivity index (χ0n) is 10.6. The van der Waals surface area contributed by atoms with Crippen molar-refractivity contribution in [1.29, 1.82) is 0 Å². The molecule has 0 bridgehead atoms. The van der Waals surface area contributed by atoms with Gasteiger partial charge in [0.05, 0.1) is 12.3 Å². The fourth-order valence-electron chi connectivity index (χ4n) is 2.55. The zero-order chi connectivity index (χ0) is 12.5. The smallest absolute Gasteiger partial charge is 0.125 e. The van der Waals surface area contributed by atoms with Gasteiger partial charge in [0.25, 0.3) is 0 Å². The third-order valence-electron chi connectivity index (χ3n) is 3.37. The lowest BCUT2D eigenvalue weighted by atomic mass is 10.0. The lowest BCUT2D eigenvalue weighted by molar-refractivity contribution is 0.254. The third kappa shape index (κ3) is 1.91. The number of nitrogens with one attached hydrogen (secondary N) is 1. The van der Waals surface area contributed by atoms with Crippen molar-refractivity contribution in [3.63, 3.8) is 0 Å². The summed E-state index contributed by atoms with van der Waals surface area (Å²) in [7, 11) is 1.94. The van der Waals surface area contributed by atoms with Crippen LogP contribution in [-0.4, -0.2) is 13.2 Å². The van der Waals surface area contributed by atoms with E-state index in [-0.39, 0.29) is 12.1 Å². The standard InChI is InChI=1S/C15H17NO2/c1-10-8-12-9-11(5-6-13(12)18-10)15(16-2)14-4-3-7-17-14/h3-7,9-10,15-16H,8H2,1-2H3. The maximum absolute atomic E-state index is 5.72. The van der Waals surface area contributed by atoms with Gasteiger partial charge in [0, 0.05) is 6.42 Å². The molecule has 0 fully saturated rings. The number of hydrogen-bond donors (Lipinski definition) is 1. The molecular weight excluding hydrogens is 226 g/mol. The van der Waals surface area contributed by atoms with Crippen LogP contribution >= 0.6 is 0 Å². The topological polar surface area (TPSA) is 34.4 Å². The number of benzene rings is 1. The number of furan rings is 1. The van der Waals surface area contributed by atoms with Crippen molar-refractivity contribution in [1.82, 2.24) is 5.32 Å². The molecule has 2 unspecified atom stereocenters. The van der Waals surface area contributed by atoms with Crippen LogP contribution in [-0.2, 0) is 6.42 Å². The molecule has 3 nitrogen and oxygen atoms in total. The van der Waals surface area contributed by atoms with E-state index in [0.29, 0.717) is 0 Å². The predicted molar refractivity (Wildman–Crippen MR) is 69.8 cm³/mol. The Morgan fingerprint density at radius 1 is 1.33 bits per heavy atom. The highest BCUT2D eigenvalue weighted by atomic mass is 16.5. The first-order chi connectivity index (χ1) is 8.78. The van der Waals surface area contributed by atoms with E-state index < -0.39 is 0 Å². The van der Waals surface area contributed by atoms with Crippen LogP contribution in [0.25, 0.3) is 0 Å². The molecule has 1 aliphatic rings. The normalized spacial score (nSPS) is 19.3. The summed E-state index contributed by atoms with van der Waals surface area (Å²) >= 11 is 0. The molecule has 0 saturated carbocycles. The van der Waals surface area contributed by atoms with Gasteiger partial charge in [-0.15, -0.1) is 0 Å². The maximum Gasteiger partial charge on any atom is 0.125 e. The molecule has 0 spiro atoms. The van der Waals surface area contributed by atoms with Gasteiger partial charge in [0.1, 0.15) is 17.6 Å². The molecule has 94 valence electrons. The van der Waals surface area contributed by atoms with E-state index in [9.17, 15) is 0 Å². The van der Waals surface area contributed by atoms with Crippen molar-refractivity contribution < 1.29 is 9.15 Å². The van der Waals surface area contributed by atoms with Crippen LogP contribution in [0.3, 0.4) is 0 Å². The summed E-state index contributed by atoms with van der Waals surface area (Å²) in [5.74, 6) is 1.95. The number of ether oxygens (including phenoxy) is 1. The minimum absolute atomic E-state index is 0.0983. The minimum Gasteiger partial charge on any atom is -0.490 e. The van der Waals surface area contributed by atoms with Crippen LogP contribution < -0.4 is 10.1 Å². The molecule has 0 amide bonds. The van der Waals surface area contributed by atoms with E-state index in [1.54, 1.807) is 6.26 Å². The summed E-state index contributed by atoms with van der Waals surface area (Å²) in [6.45, 7) is 2.10. The van der Waals surface area contributed by atoms with Gasteiger partial charge in [-0.3, -0.25) is 0 Å². The molecule has 2 atom stereocenters. The minimum atomic E-state index is 0.0983. The molecule has 1 aliphatic heterocycles. The van der Waals surface area contributed by atoms with E-state index in [4.69, 9.17) is 9.15 Å². The van der Waals surface area contributed by atoms with E-state index in [2.05, 4.69) is 30.4 Å². The van der Waals surface area contributed by atoms with E-state index >= 15 is 0 Å². The van der Waals surface area contributed by atoms with E-state index in [0.717, 1.165) is 17.9 Å². The second-order valence-corrected chi connectivity index (χ2v) is 4.74. The van der Waals surface area contributed by atoms with Crippen LogP contribution in [0.5, 0.6) is 5.75 Å². The van der Waals surface area contributed by atoms with Gasteiger partial charge in [-0.05, 0) is 49.4 Å². The SMILES string of the molecule is CNC(c1ccc2c(c1)CC(C)O2)c1ccco1. The highest BCUT2D eigenvalue weighted by molar-refractivity contribution is 5.42. The quantitative estimate of drug-likeness (QED) is 0.900. The molecule has 0 radical (unpaired) electrons. The van der Waals surface area contributed by atoms with Gasteiger partial charge in [-0.25, -0.2) is 0 Å². The highest BCUT2D eigenvalue weighted by Crippen LogP contribution is 2.32. The Hall–Kier alpha value is -1.74. The first-order valence-electron chi connectivity index (χ1n) is 6.28. The molecule has 2 aromatic rings. The lowest BCUT2D eigenvalue weighted by Gasteiger charge is -2.14. The number of fused-ring (bicyclic) bond motifs is 1. The average molecular weight is 243 g/mol. The summed E-state index contributed by atoms with van der Waals surface area (Å²) in [5, 5.41) is 3.29. The molecule has 1 aromatic carbocycles. The molecule has 0 aliphatic carbocycles. The summed E-state index contributed by atoms with van der Waals surface area (Å²) in [6, 6.07) is 10.4. The Balaban J connectivity index is 1.95. The fraction of sp³-hybridized carbons (Fsp3) is 0.333. The Kier molecular flexibility index (Phi) is 2.84. The van der Waals surface area contributed by atoms with Crippen molar-refractivity contribution in [3.05, 3.63) is 53.5 Å². The zero-order valence-corrected chi connectivity index (χ0v) is 10.6. The molecule has 3 rings (SSSR count). The molecule has 1 aromatic heterocycles. The molecule has 1 N–H and O–H groups in total. The number of rotatable bonds is 3. The van der Waals surface area contributed by atoms with Crippen molar-refractivity contribution in [2.45, 2.75) is 25.5 Å². The van der Waals surface area contributed by atoms with Crippen LogP contribution in [0.15, 0.2) is 41.0 Å². The van der Waals surface area contributed by atoms with Gasteiger partial charge >= 0.3 is 0 Å². The molecular formula is C15H17NO2. The second-order valence-electron chi connectivity index (χ2n) is 4.74. The molecule has 3 heteroatoms. The Morgan fingerprint density at radius 3 is 2.94 bits per heavy atom.